The van der Waals surface area contributed by atoms with Gasteiger partial charge in [0.1, 0.15) is 34.5 Å². The molecule has 0 fully saturated rings. The van der Waals surface area contributed by atoms with E-state index in [2.05, 4.69) is 0 Å². The molecule has 6 aromatic rings. The summed E-state index contributed by atoms with van der Waals surface area (Å²) in [6.45, 7) is 0. The van der Waals surface area contributed by atoms with Gasteiger partial charge in [-0.2, -0.15) is 0 Å². The summed E-state index contributed by atoms with van der Waals surface area (Å²) in [4.78, 5) is 0. The predicted octanol–water partition coefficient (Wildman–Crippen LogP) is 10.9. The molecule has 6 nitrogen and oxygen atoms in total. The van der Waals surface area contributed by atoms with E-state index in [9.17, 15) is 0 Å². The monoisotopic (exact) mass is 618 g/mol. The van der Waals surface area contributed by atoms with Crippen LogP contribution < -0.4 is 27.1 Å². The number of benzene rings is 6. The minimum atomic E-state index is -1.88. The molecule has 0 saturated heterocycles. The number of hydrogen-bond donors (Lipinski definition) is 0. The van der Waals surface area contributed by atoms with E-state index < -0.39 is 17.2 Å². The lowest BCUT2D eigenvalue weighted by atomic mass is 10.0. The van der Waals surface area contributed by atoms with Crippen molar-refractivity contribution in [2.75, 3.05) is 0 Å². The molecule has 218 valence electrons. The molecule has 6 aromatic carbocycles. The van der Waals surface area contributed by atoms with Crippen molar-refractivity contribution in [3.05, 3.63) is 170 Å². The third kappa shape index (κ3) is 8.08. The maximum Gasteiger partial charge on any atom is 0.530 e. The van der Waals surface area contributed by atoms with Crippen LogP contribution in [0.4, 0.5) is 0 Å². The lowest BCUT2D eigenvalue weighted by molar-refractivity contribution is 0.385. The highest BCUT2D eigenvalue weighted by molar-refractivity contribution is 7.43. The van der Waals surface area contributed by atoms with Gasteiger partial charge in [-0.25, -0.2) is 0 Å². The molecule has 0 atom stereocenters. The van der Waals surface area contributed by atoms with Crippen molar-refractivity contribution in [3.8, 4) is 45.6 Å². The molecule has 0 spiro atoms. The summed E-state index contributed by atoms with van der Waals surface area (Å²) in [6.07, 6.45) is 0. The van der Waals surface area contributed by atoms with E-state index >= 15 is 0 Å². The summed E-state index contributed by atoms with van der Waals surface area (Å²) in [5, 5.41) is 0. The SMILES string of the molecule is c1ccc(OP(Oc2ccccc2)Oc2ccccc2-c2ccccc2OP(Oc2ccccc2)Oc2ccccc2)cc1. The van der Waals surface area contributed by atoms with Crippen LogP contribution in [0, 0.1) is 0 Å². The Bertz CT molecular complexity index is 1510. The van der Waals surface area contributed by atoms with Crippen LogP contribution in [-0.4, -0.2) is 0 Å². The molecule has 6 rings (SSSR count). The standard InChI is InChI=1S/C36H28O6P2/c1-5-17-29(18-6-1)37-43(38-30-19-7-2-8-20-30)41-35-27-15-13-25-33(35)34-26-14-16-28-36(34)42-44(39-31-21-9-3-10-22-31)40-32-23-11-4-12-24-32/h1-28H. The largest absolute Gasteiger partial charge is 0.530 e. The highest BCUT2D eigenvalue weighted by Crippen LogP contribution is 2.49. The molecule has 0 aliphatic heterocycles. The first-order chi connectivity index (χ1) is 21.8. The third-order valence-electron chi connectivity index (χ3n) is 6.10. The number of hydrogen-bond acceptors (Lipinski definition) is 6. The van der Waals surface area contributed by atoms with Crippen LogP contribution in [0.5, 0.6) is 34.5 Å². The summed E-state index contributed by atoms with van der Waals surface area (Å²) < 4.78 is 37.7. The van der Waals surface area contributed by atoms with Crippen LogP contribution in [0.25, 0.3) is 11.1 Å². The minimum absolute atomic E-state index is 0.568. The molecule has 0 amide bonds. The van der Waals surface area contributed by atoms with Gasteiger partial charge >= 0.3 is 17.2 Å². The zero-order chi connectivity index (χ0) is 29.8. The van der Waals surface area contributed by atoms with E-state index in [1.54, 1.807) is 0 Å². The van der Waals surface area contributed by atoms with Crippen molar-refractivity contribution in [2.45, 2.75) is 0 Å². The topological polar surface area (TPSA) is 55.4 Å². The van der Waals surface area contributed by atoms with Gasteiger partial charge in [0.15, 0.2) is 0 Å². The maximum atomic E-state index is 6.47. The normalized spacial score (nSPS) is 10.7. The average Bonchev–Trinajstić information content (AvgIpc) is 3.07. The van der Waals surface area contributed by atoms with Crippen LogP contribution in [0.15, 0.2) is 170 Å². The summed E-state index contributed by atoms with van der Waals surface area (Å²) in [7, 11) is -3.75. The van der Waals surface area contributed by atoms with Crippen LogP contribution in [0.3, 0.4) is 0 Å². The number of rotatable bonds is 13. The molecule has 0 aromatic heterocycles. The van der Waals surface area contributed by atoms with E-state index in [1.165, 1.54) is 0 Å². The second-order valence-corrected chi connectivity index (χ2v) is 11.2. The van der Waals surface area contributed by atoms with Crippen LogP contribution in [0.2, 0.25) is 0 Å². The van der Waals surface area contributed by atoms with Gasteiger partial charge in [-0.15, -0.1) is 0 Å². The van der Waals surface area contributed by atoms with Gasteiger partial charge in [-0.1, -0.05) is 109 Å². The van der Waals surface area contributed by atoms with E-state index in [1.807, 2.05) is 170 Å². The lowest BCUT2D eigenvalue weighted by Crippen LogP contribution is -2.04. The average molecular weight is 619 g/mol. The van der Waals surface area contributed by atoms with Crippen molar-refractivity contribution >= 4 is 17.2 Å². The molecule has 0 unspecified atom stereocenters. The molecule has 0 aliphatic carbocycles. The number of para-hydroxylation sites is 6. The van der Waals surface area contributed by atoms with Gasteiger partial charge in [0.2, 0.25) is 0 Å². The van der Waals surface area contributed by atoms with Crippen molar-refractivity contribution in [3.63, 3.8) is 0 Å². The van der Waals surface area contributed by atoms with E-state index in [4.69, 9.17) is 27.1 Å². The Morgan fingerprint density at radius 2 is 0.500 bits per heavy atom. The zero-order valence-electron chi connectivity index (χ0n) is 23.5. The predicted molar refractivity (Wildman–Crippen MR) is 175 cm³/mol. The molecule has 0 heterocycles. The van der Waals surface area contributed by atoms with Crippen molar-refractivity contribution in [1.82, 2.24) is 0 Å². The van der Waals surface area contributed by atoms with Crippen LogP contribution in [0.1, 0.15) is 0 Å². The molecule has 0 aliphatic rings. The molecule has 0 saturated carbocycles. The molecule has 0 N–H and O–H groups in total. The Kier molecular flexibility index (Phi) is 9.86. The zero-order valence-corrected chi connectivity index (χ0v) is 25.3. The maximum absolute atomic E-state index is 6.47. The molecular weight excluding hydrogens is 590 g/mol. The first-order valence-corrected chi connectivity index (χ1v) is 16.1. The highest BCUT2D eigenvalue weighted by atomic mass is 31.2. The van der Waals surface area contributed by atoms with Crippen molar-refractivity contribution in [1.29, 1.82) is 0 Å². The molecular formula is C36H28O6P2. The van der Waals surface area contributed by atoms with Crippen molar-refractivity contribution < 1.29 is 27.1 Å². The Hall–Kier alpha value is -5.02. The molecule has 0 bridgehead atoms. The van der Waals surface area contributed by atoms with Gasteiger partial charge in [-0.05, 0) is 60.7 Å². The molecule has 8 heteroatoms. The Morgan fingerprint density at radius 1 is 0.250 bits per heavy atom. The quantitative estimate of drug-likeness (QED) is 0.120. The molecule has 0 radical (unpaired) electrons. The summed E-state index contributed by atoms with van der Waals surface area (Å²) in [5.41, 5.74) is 1.58. The first-order valence-electron chi connectivity index (χ1n) is 13.9. The highest BCUT2D eigenvalue weighted by Gasteiger charge is 2.25. The summed E-state index contributed by atoms with van der Waals surface area (Å²) >= 11 is 0. The van der Waals surface area contributed by atoms with Gasteiger partial charge in [0, 0.05) is 11.1 Å². The van der Waals surface area contributed by atoms with Gasteiger partial charge in [-0.3, -0.25) is 0 Å². The minimum Gasteiger partial charge on any atom is -0.409 e. The fourth-order valence-electron chi connectivity index (χ4n) is 4.08. The lowest BCUT2D eigenvalue weighted by Gasteiger charge is -2.21. The van der Waals surface area contributed by atoms with E-state index in [0.29, 0.717) is 34.5 Å². The second kappa shape index (κ2) is 14.9. The smallest absolute Gasteiger partial charge is 0.409 e. The Labute approximate surface area is 259 Å². The van der Waals surface area contributed by atoms with Crippen LogP contribution >= 0.6 is 17.2 Å². The van der Waals surface area contributed by atoms with E-state index in [-0.39, 0.29) is 0 Å². The summed E-state index contributed by atoms with van der Waals surface area (Å²) in [5.74, 6) is 3.68. The first kappa shape index (κ1) is 29.1. The molecule has 44 heavy (non-hydrogen) atoms. The Morgan fingerprint density at radius 3 is 0.795 bits per heavy atom. The fourth-order valence-corrected chi connectivity index (χ4v) is 6.12. The summed E-state index contributed by atoms with van der Waals surface area (Å²) in [6, 6.07) is 53.3. The van der Waals surface area contributed by atoms with Gasteiger partial charge in [0.05, 0.1) is 0 Å². The Balaban J connectivity index is 1.30. The van der Waals surface area contributed by atoms with Gasteiger partial charge in [0.25, 0.3) is 0 Å². The fraction of sp³-hybridized carbons (Fsp3) is 0. The second-order valence-electron chi connectivity index (χ2n) is 9.24. The van der Waals surface area contributed by atoms with Crippen molar-refractivity contribution in [2.24, 2.45) is 0 Å². The van der Waals surface area contributed by atoms with Crippen LogP contribution in [-0.2, 0) is 0 Å². The van der Waals surface area contributed by atoms with Gasteiger partial charge < -0.3 is 27.1 Å². The van der Waals surface area contributed by atoms with E-state index in [0.717, 1.165) is 11.1 Å². The third-order valence-corrected chi connectivity index (χ3v) is 8.23.